The summed E-state index contributed by atoms with van der Waals surface area (Å²) in [6.45, 7) is 4.02. The molecule has 6 heteroatoms. The van der Waals surface area contributed by atoms with Gasteiger partial charge in [-0.1, -0.05) is 15.9 Å². The molecule has 0 bridgehead atoms. The van der Waals surface area contributed by atoms with Crippen molar-refractivity contribution in [2.45, 2.75) is 38.1 Å². The van der Waals surface area contributed by atoms with Crippen molar-refractivity contribution in [2.75, 3.05) is 40.5 Å². The van der Waals surface area contributed by atoms with E-state index in [0.717, 1.165) is 61.5 Å². The molecule has 1 aromatic heterocycles. The van der Waals surface area contributed by atoms with Gasteiger partial charge in [-0.2, -0.15) is 0 Å². The number of nitrogens with one attached hydrogen (secondary N) is 1. The fourth-order valence-corrected chi connectivity index (χ4v) is 5.91. The summed E-state index contributed by atoms with van der Waals surface area (Å²) in [5, 5.41) is 1.31. The summed E-state index contributed by atoms with van der Waals surface area (Å²) in [5.74, 6) is 2.37. The Bertz CT molecular complexity index is 1110. The predicted molar refractivity (Wildman–Crippen MR) is 135 cm³/mol. The van der Waals surface area contributed by atoms with Crippen molar-refractivity contribution in [1.82, 2.24) is 9.88 Å². The quantitative estimate of drug-likeness (QED) is 0.427. The van der Waals surface area contributed by atoms with Crippen LogP contribution in [0.2, 0.25) is 0 Å². The van der Waals surface area contributed by atoms with Crippen LogP contribution in [0.4, 0.5) is 0 Å². The maximum Gasteiger partial charge on any atom is 0.161 e. The molecule has 0 aliphatic carbocycles. The lowest BCUT2D eigenvalue weighted by molar-refractivity contribution is 0.0423. The second kappa shape index (κ2) is 10.1. The number of aromatic nitrogens is 1. The average Bonchev–Trinajstić information content (AvgIpc) is 3.25. The number of fused-ring (bicyclic) bond motifs is 2. The summed E-state index contributed by atoms with van der Waals surface area (Å²) in [4.78, 5) is 6.16. The number of halogens is 1. The Morgan fingerprint density at radius 3 is 2.67 bits per heavy atom. The van der Waals surface area contributed by atoms with Crippen molar-refractivity contribution in [1.29, 1.82) is 0 Å². The van der Waals surface area contributed by atoms with Gasteiger partial charge in [0.2, 0.25) is 0 Å². The van der Waals surface area contributed by atoms with Crippen LogP contribution in [0.5, 0.6) is 11.5 Å². The molecule has 5 rings (SSSR count). The van der Waals surface area contributed by atoms with Crippen LogP contribution in [0.3, 0.4) is 0 Å². The van der Waals surface area contributed by atoms with E-state index in [-0.39, 0.29) is 0 Å². The molecule has 0 spiro atoms. The van der Waals surface area contributed by atoms with Crippen molar-refractivity contribution in [2.24, 2.45) is 5.92 Å². The lowest BCUT2D eigenvalue weighted by Crippen LogP contribution is -2.40. The maximum atomic E-state index is 5.69. The van der Waals surface area contributed by atoms with Crippen LogP contribution in [0.1, 0.15) is 42.0 Å². The highest BCUT2D eigenvalue weighted by Gasteiger charge is 2.31. The van der Waals surface area contributed by atoms with Gasteiger partial charge in [-0.25, -0.2) is 0 Å². The monoisotopic (exact) mass is 512 g/mol. The van der Waals surface area contributed by atoms with E-state index in [4.69, 9.17) is 14.2 Å². The molecule has 1 fully saturated rings. The first-order valence-corrected chi connectivity index (χ1v) is 12.8. The number of nitrogens with zero attached hydrogens (tertiary/aromatic N) is 1. The highest BCUT2D eigenvalue weighted by molar-refractivity contribution is 9.10. The number of H-pyrrole nitrogens is 1. The summed E-state index contributed by atoms with van der Waals surface area (Å²) in [7, 11) is 3.45. The van der Waals surface area contributed by atoms with Crippen LogP contribution < -0.4 is 9.47 Å². The normalized spacial score (nSPS) is 19.5. The average molecular weight is 513 g/mol. The Labute approximate surface area is 204 Å². The van der Waals surface area contributed by atoms with E-state index in [1.807, 2.05) is 0 Å². The Hall–Kier alpha value is -2.02. The van der Waals surface area contributed by atoms with Crippen molar-refractivity contribution in [3.05, 3.63) is 57.7 Å². The Kier molecular flexibility index (Phi) is 6.95. The minimum atomic E-state index is 0.369. The predicted octanol–water partition coefficient (Wildman–Crippen LogP) is 5.91. The van der Waals surface area contributed by atoms with Gasteiger partial charge in [-0.05, 0) is 85.0 Å². The smallest absolute Gasteiger partial charge is 0.161 e. The van der Waals surface area contributed by atoms with Crippen LogP contribution in [0, 0.1) is 5.92 Å². The molecule has 1 saturated heterocycles. The third-order valence-corrected chi connectivity index (χ3v) is 7.86. The Morgan fingerprint density at radius 2 is 1.88 bits per heavy atom. The molecular weight excluding hydrogens is 480 g/mol. The molecule has 0 radical (unpaired) electrons. The zero-order chi connectivity index (χ0) is 22.8. The van der Waals surface area contributed by atoms with Crippen molar-refractivity contribution in [3.63, 3.8) is 0 Å². The number of methoxy groups -OCH3 is 2. The third-order valence-electron chi connectivity index (χ3n) is 7.36. The van der Waals surface area contributed by atoms with E-state index in [0.29, 0.717) is 12.0 Å². The van der Waals surface area contributed by atoms with Crippen molar-refractivity contribution < 1.29 is 14.2 Å². The van der Waals surface area contributed by atoms with Gasteiger partial charge < -0.3 is 19.2 Å². The first-order chi connectivity index (χ1) is 16.2. The molecule has 1 N–H and O–H groups in total. The number of benzene rings is 2. The lowest BCUT2D eigenvalue weighted by Gasteiger charge is -2.40. The SMILES string of the molecule is COc1cc2c(cc1OC)C(CCc1c[nH]c3ccc(Br)cc13)N(CC1CCOCC1)CC2. The molecule has 33 heavy (non-hydrogen) atoms. The third kappa shape index (κ3) is 4.79. The van der Waals surface area contributed by atoms with Gasteiger partial charge in [0.15, 0.2) is 11.5 Å². The highest BCUT2D eigenvalue weighted by Crippen LogP contribution is 2.41. The van der Waals surface area contributed by atoms with E-state index in [1.165, 1.54) is 40.4 Å². The van der Waals surface area contributed by atoms with Crippen LogP contribution in [0.25, 0.3) is 10.9 Å². The molecule has 3 heterocycles. The van der Waals surface area contributed by atoms with E-state index in [1.54, 1.807) is 14.2 Å². The lowest BCUT2D eigenvalue weighted by atomic mass is 9.87. The van der Waals surface area contributed by atoms with E-state index >= 15 is 0 Å². The van der Waals surface area contributed by atoms with Gasteiger partial charge in [0.1, 0.15) is 0 Å². The van der Waals surface area contributed by atoms with Crippen LogP contribution in [-0.2, 0) is 17.6 Å². The second-order valence-corrected chi connectivity index (χ2v) is 10.2. The molecule has 176 valence electrons. The van der Waals surface area contributed by atoms with Crippen molar-refractivity contribution in [3.8, 4) is 11.5 Å². The summed E-state index contributed by atoms with van der Waals surface area (Å²) >= 11 is 3.64. The zero-order valence-corrected chi connectivity index (χ0v) is 21.1. The van der Waals surface area contributed by atoms with E-state index in [9.17, 15) is 0 Å². The Balaban J connectivity index is 1.44. The number of aromatic amines is 1. The molecule has 0 saturated carbocycles. The number of hydrogen-bond donors (Lipinski definition) is 1. The number of rotatable bonds is 7. The van der Waals surface area contributed by atoms with Gasteiger partial charge in [-0.15, -0.1) is 0 Å². The standard InChI is InChI=1S/C27H33BrN2O3/c1-31-26-13-19-7-10-30(17-18-8-11-33-12-9-18)25(23(19)15-27(26)32-2)6-3-20-16-29-24-5-4-21(28)14-22(20)24/h4-5,13-16,18,25,29H,3,6-12,17H2,1-2H3. The summed E-state index contributed by atoms with van der Waals surface area (Å²) in [6, 6.07) is 11.2. The van der Waals surface area contributed by atoms with Crippen molar-refractivity contribution >= 4 is 26.8 Å². The molecule has 5 nitrogen and oxygen atoms in total. The molecule has 2 aliphatic rings. The first-order valence-electron chi connectivity index (χ1n) is 12.0. The molecule has 3 aromatic rings. The van der Waals surface area contributed by atoms with Gasteiger partial charge in [0.25, 0.3) is 0 Å². The molecule has 2 aromatic carbocycles. The number of aryl methyl sites for hydroxylation is 1. The summed E-state index contributed by atoms with van der Waals surface area (Å²) in [6.07, 6.45) is 7.66. The van der Waals surface area contributed by atoms with E-state index < -0.39 is 0 Å². The molecule has 2 aliphatic heterocycles. The molecule has 1 atom stereocenters. The molecule has 1 unspecified atom stereocenters. The van der Waals surface area contributed by atoms with Gasteiger partial charge >= 0.3 is 0 Å². The number of hydrogen-bond acceptors (Lipinski definition) is 4. The van der Waals surface area contributed by atoms with Crippen LogP contribution in [0.15, 0.2) is 41.0 Å². The largest absolute Gasteiger partial charge is 0.493 e. The van der Waals surface area contributed by atoms with Crippen LogP contribution >= 0.6 is 15.9 Å². The molecule has 0 amide bonds. The Morgan fingerprint density at radius 1 is 1.09 bits per heavy atom. The van der Waals surface area contributed by atoms with Crippen LogP contribution in [-0.4, -0.2) is 50.4 Å². The minimum absolute atomic E-state index is 0.369. The fourth-order valence-electron chi connectivity index (χ4n) is 5.55. The number of ether oxygens (including phenoxy) is 3. The summed E-state index contributed by atoms with van der Waals surface area (Å²) in [5.41, 5.74) is 5.36. The topological polar surface area (TPSA) is 46.7 Å². The van der Waals surface area contributed by atoms with E-state index in [2.05, 4.69) is 62.3 Å². The van der Waals surface area contributed by atoms with Gasteiger partial charge in [-0.3, -0.25) is 4.90 Å². The highest BCUT2D eigenvalue weighted by atomic mass is 79.9. The fraction of sp³-hybridized carbons (Fsp3) is 0.481. The van der Waals surface area contributed by atoms with Gasteiger partial charge in [0.05, 0.1) is 14.2 Å². The second-order valence-electron chi connectivity index (χ2n) is 9.26. The maximum absolute atomic E-state index is 5.69. The summed E-state index contributed by atoms with van der Waals surface area (Å²) < 4.78 is 18.0. The first kappa shape index (κ1) is 22.8. The van der Waals surface area contributed by atoms with Gasteiger partial charge in [0, 0.05) is 53.9 Å². The zero-order valence-electron chi connectivity index (χ0n) is 19.5. The molecular formula is C27H33BrN2O3. The minimum Gasteiger partial charge on any atom is -0.493 e.